The van der Waals surface area contributed by atoms with Gasteiger partial charge in [-0.25, -0.2) is 0 Å². The minimum atomic E-state index is -3.01. The zero-order chi connectivity index (χ0) is 40.2. The number of aliphatic hydroxyl groups excluding tert-OH is 1. The van der Waals surface area contributed by atoms with E-state index < -0.39 is 7.60 Å². The number of hydrogen-bond acceptors (Lipinski definition) is 7. The van der Waals surface area contributed by atoms with Gasteiger partial charge in [-0.1, -0.05) is 194 Å². The van der Waals surface area contributed by atoms with Gasteiger partial charge in [0.2, 0.25) is 0 Å². The fraction of sp³-hybridized carbons (Fsp3) is 0.979. The second-order valence-electron chi connectivity index (χ2n) is 16.5. The van der Waals surface area contributed by atoms with Crippen LogP contribution in [0.1, 0.15) is 245 Å². The summed E-state index contributed by atoms with van der Waals surface area (Å²) in [5.41, 5.74) is 0. The molecule has 0 aromatic carbocycles. The van der Waals surface area contributed by atoms with Crippen LogP contribution in [0.15, 0.2) is 0 Å². The van der Waals surface area contributed by atoms with E-state index in [1.54, 1.807) is 0 Å². The third-order valence-electron chi connectivity index (χ3n) is 11.0. The van der Waals surface area contributed by atoms with Crippen LogP contribution in [0.5, 0.6) is 0 Å². The predicted molar refractivity (Wildman–Crippen MR) is 237 cm³/mol. The van der Waals surface area contributed by atoms with Crippen LogP contribution in [-0.2, 0) is 23.1 Å². The zero-order valence-electron chi connectivity index (χ0n) is 37.3. The molecule has 55 heavy (non-hydrogen) atoms. The number of nitrogens with zero attached hydrogens (tertiary/aromatic N) is 1. The van der Waals surface area contributed by atoms with Crippen LogP contribution in [0.4, 0.5) is 0 Å². The van der Waals surface area contributed by atoms with Crippen LogP contribution in [0, 0.1) is 0 Å². The first-order valence-electron chi connectivity index (χ1n) is 24.4. The van der Waals surface area contributed by atoms with E-state index in [-0.39, 0.29) is 12.6 Å². The Balaban J connectivity index is 3.99. The monoisotopic (exact) mass is 802 g/mol. The van der Waals surface area contributed by atoms with Crippen molar-refractivity contribution >= 4 is 13.6 Å². The lowest BCUT2D eigenvalue weighted by molar-refractivity contribution is -0.143. The minimum absolute atomic E-state index is 0.0279. The molecule has 0 aliphatic heterocycles. The summed E-state index contributed by atoms with van der Waals surface area (Å²) < 4.78 is 31.1. The third-order valence-corrected chi connectivity index (χ3v) is 13.0. The summed E-state index contributed by atoms with van der Waals surface area (Å²) in [6, 6.07) is 0. The van der Waals surface area contributed by atoms with Crippen molar-refractivity contribution in [2.24, 2.45) is 0 Å². The molecule has 1 atom stereocenters. The molecule has 8 heteroatoms. The van der Waals surface area contributed by atoms with Crippen LogP contribution in [0.25, 0.3) is 0 Å². The summed E-state index contributed by atoms with van der Waals surface area (Å²) in [4.78, 5) is 14.4. The molecule has 0 aromatic heterocycles. The van der Waals surface area contributed by atoms with Crippen LogP contribution in [0.2, 0.25) is 0 Å². The van der Waals surface area contributed by atoms with E-state index in [9.17, 15) is 14.5 Å². The molecule has 0 radical (unpaired) electrons. The van der Waals surface area contributed by atoms with Crippen molar-refractivity contribution in [3.8, 4) is 0 Å². The number of unbranched alkanes of at least 4 members (excludes halogenated alkanes) is 29. The van der Waals surface area contributed by atoms with Gasteiger partial charge in [0, 0.05) is 13.0 Å². The van der Waals surface area contributed by atoms with E-state index in [0.29, 0.717) is 32.4 Å². The maximum absolute atomic E-state index is 13.6. The average Bonchev–Trinajstić information content (AvgIpc) is 3.18. The maximum Gasteiger partial charge on any atom is 0.330 e. The second kappa shape index (κ2) is 44.6. The highest BCUT2D eigenvalue weighted by atomic mass is 31.2. The van der Waals surface area contributed by atoms with E-state index in [0.717, 1.165) is 90.3 Å². The standard InChI is InChI=1S/C47H96NO6P/c1-4-7-10-13-16-22-30-37-46-55(51,53-44-35-28-20-15-12-9-6-3)54-45-36-29-21-17-18-25-32-39-48(41-42-49)40-33-26-23-24-31-38-47(50)52-43-34-27-19-14-11-8-5-2/h49H,4-46H2,1-3H3. The van der Waals surface area contributed by atoms with Gasteiger partial charge in [0.1, 0.15) is 0 Å². The molecular weight excluding hydrogens is 705 g/mol. The Hall–Kier alpha value is -0.460. The van der Waals surface area contributed by atoms with Crippen molar-refractivity contribution in [1.29, 1.82) is 0 Å². The Kier molecular flexibility index (Phi) is 44.3. The molecule has 1 unspecified atom stereocenters. The Bertz CT molecular complexity index is 790. The Morgan fingerprint density at radius 2 is 0.782 bits per heavy atom. The summed E-state index contributed by atoms with van der Waals surface area (Å²) in [5, 5.41) is 9.56. The van der Waals surface area contributed by atoms with Gasteiger partial charge in [-0.15, -0.1) is 0 Å². The number of carbonyl (C=O) groups is 1. The van der Waals surface area contributed by atoms with Crippen LogP contribution < -0.4 is 0 Å². The van der Waals surface area contributed by atoms with Crippen LogP contribution in [-0.4, -0.2) is 68.2 Å². The summed E-state index contributed by atoms with van der Waals surface area (Å²) >= 11 is 0. The Morgan fingerprint density at radius 3 is 1.20 bits per heavy atom. The van der Waals surface area contributed by atoms with Crippen molar-refractivity contribution in [3.05, 3.63) is 0 Å². The first-order valence-corrected chi connectivity index (χ1v) is 26.1. The molecule has 0 heterocycles. The normalized spacial score (nSPS) is 12.8. The van der Waals surface area contributed by atoms with Crippen molar-refractivity contribution in [2.75, 3.05) is 52.2 Å². The smallest absolute Gasteiger partial charge is 0.330 e. The van der Waals surface area contributed by atoms with E-state index in [1.807, 2.05) is 0 Å². The number of rotatable bonds is 47. The van der Waals surface area contributed by atoms with Crippen molar-refractivity contribution in [1.82, 2.24) is 4.90 Å². The topological polar surface area (TPSA) is 85.3 Å². The fourth-order valence-electron chi connectivity index (χ4n) is 7.32. The molecular formula is C47H96NO6P. The van der Waals surface area contributed by atoms with Gasteiger partial charge >= 0.3 is 13.6 Å². The molecule has 0 fully saturated rings. The third kappa shape index (κ3) is 41.5. The lowest BCUT2D eigenvalue weighted by atomic mass is 10.1. The van der Waals surface area contributed by atoms with Gasteiger partial charge in [-0.3, -0.25) is 9.36 Å². The second-order valence-corrected chi connectivity index (χ2v) is 18.7. The highest BCUT2D eigenvalue weighted by molar-refractivity contribution is 7.53. The molecule has 0 saturated heterocycles. The van der Waals surface area contributed by atoms with Gasteiger partial charge in [0.05, 0.1) is 32.6 Å². The van der Waals surface area contributed by atoms with Crippen molar-refractivity contribution in [3.63, 3.8) is 0 Å². The number of carbonyl (C=O) groups excluding carboxylic acids is 1. The largest absolute Gasteiger partial charge is 0.466 e. The van der Waals surface area contributed by atoms with E-state index in [4.69, 9.17) is 13.8 Å². The summed E-state index contributed by atoms with van der Waals surface area (Å²) in [5.74, 6) is -0.0279. The first-order chi connectivity index (χ1) is 27.0. The van der Waals surface area contributed by atoms with E-state index in [2.05, 4.69) is 25.7 Å². The highest BCUT2D eigenvalue weighted by Crippen LogP contribution is 2.49. The Morgan fingerprint density at radius 1 is 0.436 bits per heavy atom. The predicted octanol–water partition coefficient (Wildman–Crippen LogP) is 14.8. The molecule has 0 spiro atoms. The molecule has 330 valence electrons. The van der Waals surface area contributed by atoms with Gasteiger partial charge in [0.15, 0.2) is 0 Å². The van der Waals surface area contributed by atoms with Crippen molar-refractivity contribution < 1.29 is 28.3 Å². The summed E-state index contributed by atoms with van der Waals surface area (Å²) in [6.07, 6.45) is 41.9. The summed E-state index contributed by atoms with van der Waals surface area (Å²) in [7, 11) is -3.01. The van der Waals surface area contributed by atoms with E-state index >= 15 is 0 Å². The molecule has 0 aliphatic carbocycles. The SMILES string of the molecule is CCCCCCCCCCP(=O)(OCCCCCCCCC)OCCCCCCCCCN(CCO)CCCCCCCC(=O)OCCCCCCCCC. The number of hydrogen-bond donors (Lipinski definition) is 1. The lowest BCUT2D eigenvalue weighted by Gasteiger charge is -2.21. The zero-order valence-corrected chi connectivity index (χ0v) is 38.2. The maximum atomic E-state index is 13.6. The van der Waals surface area contributed by atoms with Gasteiger partial charge in [0.25, 0.3) is 0 Å². The first kappa shape index (κ1) is 54.5. The highest BCUT2D eigenvalue weighted by Gasteiger charge is 2.23. The van der Waals surface area contributed by atoms with E-state index in [1.165, 1.54) is 148 Å². The van der Waals surface area contributed by atoms with Gasteiger partial charge < -0.3 is 23.8 Å². The molecule has 0 amide bonds. The quantitative estimate of drug-likeness (QED) is 0.0373. The fourth-order valence-corrected chi connectivity index (χ4v) is 9.08. The molecule has 0 aromatic rings. The van der Waals surface area contributed by atoms with Gasteiger partial charge in [-0.2, -0.15) is 0 Å². The molecule has 0 bridgehead atoms. The molecule has 0 aliphatic rings. The van der Waals surface area contributed by atoms with Crippen LogP contribution in [0.3, 0.4) is 0 Å². The Labute approximate surface area is 343 Å². The number of aliphatic hydroxyl groups is 1. The lowest BCUT2D eigenvalue weighted by Crippen LogP contribution is -2.29. The van der Waals surface area contributed by atoms with Crippen LogP contribution >= 0.6 is 7.60 Å². The molecule has 0 saturated carbocycles. The van der Waals surface area contributed by atoms with Crippen molar-refractivity contribution in [2.45, 2.75) is 245 Å². The average molecular weight is 802 g/mol. The molecule has 1 N–H and O–H groups in total. The summed E-state index contributed by atoms with van der Waals surface area (Å²) in [6.45, 7) is 11.5. The number of esters is 1. The molecule has 7 nitrogen and oxygen atoms in total. The minimum Gasteiger partial charge on any atom is -0.466 e. The number of ether oxygens (including phenoxy) is 1. The van der Waals surface area contributed by atoms with Gasteiger partial charge in [-0.05, 0) is 58.0 Å². The molecule has 0 rings (SSSR count).